The molecule has 3 rings (SSSR count). The van der Waals surface area contributed by atoms with E-state index in [1.54, 1.807) is 6.92 Å². The molecule has 9 nitrogen and oxygen atoms in total. The Kier molecular flexibility index (Phi) is 5.56. The van der Waals surface area contributed by atoms with Gasteiger partial charge in [-0.05, 0) is 13.8 Å². The minimum atomic E-state index is -0.503. The highest BCUT2D eigenvalue weighted by atomic mass is 32.1. The maximum absolute atomic E-state index is 12.1. The van der Waals surface area contributed by atoms with Gasteiger partial charge in [0.2, 0.25) is 11.0 Å². The van der Waals surface area contributed by atoms with Crippen LogP contribution in [0.3, 0.4) is 0 Å². The van der Waals surface area contributed by atoms with E-state index >= 15 is 0 Å². The van der Waals surface area contributed by atoms with E-state index in [4.69, 9.17) is 4.74 Å². The molecule has 2 aromatic rings. The van der Waals surface area contributed by atoms with Crippen LogP contribution in [0.5, 0.6) is 0 Å². The van der Waals surface area contributed by atoms with Crippen LogP contribution >= 0.6 is 22.7 Å². The standard InChI is InChI=1S/C14H18N6O3S2/c1-3-23-14(22)17-12-15-9-4-5-20(6-10(9)25-12)7-11(21)16-13-19-18-8(2)24-13/h3-7H2,1-2H3,(H,15,17,22)(H,16,19,21). The first kappa shape index (κ1) is 17.7. The fraction of sp³-hybridized carbons (Fsp3) is 0.500. The Bertz CT molecular complexity index is 774. The average Bonchev–Trinajstić information content (AvgIpc) is 3.12. The normalized spacial score (nSPS) is 14.0. The van der Waals surface area contributed by atoms with Gasteiger partial charge in [-0.3, -0.25) is 20.3 Å². The molecule has 0 aliphatic carbocycles. The molecule has 2 N–H and O–H groups in total. The number of aromatic nitrogens is 3. The molecule has 0 spiro atoms. The number of anilines is 2. The zero-order valence-corrected chi connectivity index (χ0v) is 15.5. The monoisotopic (exact) mass is 382 g/mol. The van der Waals surface area contributed by atoms with Crippen LogP contribution < -0.4 is 10.6 Å². The summed E-state index contributed by atoms with van der Waals surface area (Å²) in [7, 11) is 0. The topological polar surface area (TPSA) is 109 Å². The Morgan fingerprint density at radius 2 is 2.08 bits per heavy atom. The van der Waals surface area contributed by atoms with Crippen molar-refractivity contribution in [3.63, 3.8) is 0 Å². The van der Waals surface area contributed by atoms with Crippen molar-refractivity contribution in [1.82, 2.24) is 20.1 Å². The summed E-state index contributed by atoms with van der Waals surface area (Å²) in [6.45, 7) is 5.53. The summed E-state index contributed by atoms with van der Waals surface area (Å²) in [6, 6.07) is 0. The number of fused-ring (bicyclic) bond motifs is 1. The maximum Gasteiger partial charge on any atom is 0.413 e. The van der Waals surface area contributed by atoms with Crippen molar-refractivity contribution in [1.29, 1.82) is 0 Å². The summed E-state index contributed by atoms with van der Waals surface area (Å²) < 4.78 is 4.85. The van der Waals surface area contributed by atoms with Crippen LogP contribution in [0.1, 0.15) is 22.5 Å². The van der Waals surface area contributed by atoms with Crippen LogP contribution in [0.25, 0.3) is 0 Å². The zero-order chi connectivity index (χ0) is 17.8. The molecule has 1 aliphatic heterocycles. The van der Waals surface area contributed by atoms with Gasteiger partial charge in [0, 0.05) is 24.4 Å². The maximum atomic E-state index is 12.1. The van der Waals surface area contributed by atoms with E-state index in [-0.39, 0.29) is 12.5 Å². The number of hydrogen-bond acceptors (Lipinski definition) is 9. The number of hydrogen-bond donors (Lipinski definition) is 2. The Morgan fingerprint density at radius 3 is 2.80 bits per heavy atom. The van der Waals surface area contributed by atoms with E-state index < -0.39 is 6.09 Å². The first-order chi connectivity index (χ1) is 12.0. The summed E-state index contributed by atoms with van der Waals surface area (Å²) in [5, 5.41) is 15.0. The summed E-state index contributed by atoms with van der Waals surface area (Å²) in [4.78, 5) is 31.1. The van der Waals surface area contributed by atoms with E-state index in [0.29, 0.717) is 23.4 Å². The Balaban J connectivity index is 1.54. The van der Waals surface area contributed by atoms with Gasteiger partial charge in [-0.1, -0.05) is 22.7 Å². The van der Waals surface area contributed by atoms with Crippen molar-refractivity contribution >= 4 is 44.9 Å². The Labute approximate surface area is 152 Å². The molecular weight excluding hydrogens is 364 g/mol. The summed E-state index contributed by atoms with van der Waals surface area (Å²) in [5.41, 5.74) is 0.966. The lowest BCUT2D eigenvalue weighted by Crippen LogP contribution is -2.36. The number of nitrogens with one attached hydrogen (secondary N) is 2. The van der Waals surface area contributed by atoms with Crippen molar-refractivity contribution in [2.24, 2.45) is 0 Å². The molecule has 0 aromatic carbocycles. The largest absolute Gasteiger partial charge is 0.450 e. The van der Waals surface area contributed by atoms with Crippen LogP contribution in [0.2, 0.25) is 0 Å². The molecule has 2 aromatic heterocycles. The summed E-state index contributed by atoms with van der Waals surface area (Å²) in [5.74, 6) is -0.117. The van der Waals surface area contributed by atoms with Gasteiger partial charge < -0.3 is 4.74 Å². The molecule has 2 amide bonds. The molecule has 0 fully saturated rings. The third kappa shape index (κ3) is 4.71. The number of aryl methyl sites for hydroxylation is 1. The lowest BCUT2D eigenvalue weighted by Gasteiger charge is -2.24. The van der Waals surface area contributed by atoms with E-state index in [1.165, 1.54) is 22.7 Å². The minimum Gasteiger partial charge on any atom is -0.450 e. The first-order valence-corrected chi connectivity index (χ1v) is 9.41. The van der Waals surface area contributed by atoms with Gasteiger partial charge in [0.1, 0.15) is 5.01 Å². The SMILES string of the molecule is CCOC(=O)Nc1nc2c(s1)CN(CC(=O)Nc1nnc(C)s1)CC2. The van der Waals surface area contributed by atoms with Gasteiger partial charge in [-0.2, -0.15) is 0 Å². The van der Waals surface area contributed by atoms with E-state index in [2.05, 4.69) is 25.8 Å². The van der Waals surface area contributed by atoms with Crippen molar-refractivity contribution < 1.29 is 14.3 Å². The number of rotatable bonds is 5. The fourth-order valence-electron chi connectivity index (χ4n) is 2.40. The lowest BCUT2D eigenvalue weighted by atomic mass is 10.2. The van der Waals surface area contributed by atoms with Crippen molar-refractivity contribution in [3.8, 4) is 0 Å². The van der Waals surface area contributed by atoms with Crippen molar-refractivity contribution in [2.75, 3.05) is 30.3 Å². The van der Waals surface area contributed by atoms with Crippen LogP contribution in [0.15, 0.2) is 0 Å². The Hall–Kier alpha value is -2.11. The molecule has 0 atom stereocenters. The van der Waals surface area contributed by atoms with Gasteiger partial charge in [0.15, 0.2) is 5.13 Å². The van der Waals surface area contributed by atoms with E-state index in [9.17, 15) is 9.59 Å². The van der Waals surface area contributed by atoms with E-state index in [0.717, 1.165) is 28.5 Å². The van der Waals surface area contributed by atoms with Crippen LogP contribution in [0, 0.1) is 6.92 Å². The molecule has 25 heavy (non-hydrogen) atoms. The molecule has 0 radical (unpaired) electrons. The molecule has 0 saturated carbocycles. The van der Waals surface area contributed by atoms with Crippen molar-refractivity contribution in [3.05, 3.63) is 15.6 Å². The molecule has 0 saturated heterocycles. The third-order valence-corrected chi connectivity index (χ3v) is 5.19. The fourth-order valence-corrected chi connectivity index (χ4v) is 4.04. The second-order valence-corrected chi connectivity index (χ2v) is 7.63. The molecule has 0 unspecified atom stereocenters. The van der Waals surface area contributed by atoms with Crippen LogP contribution in [-0.2, 0) is 22.5 Å². The Morgan fingerprint density at radius 1 is 1.24 bits per heavy atom. The number of thiazole rings is 1. The van der Waals surface area contributed by atoms with Crippen LogP contribution in [0.4, 0.5) is 15.1 Å². The molecule has 0 bridgehead atoms. The van der Waals surface area contributed by atoms with E-state index in [1.807, 2.05) is 11.8 Å². The third-order valence-electron chi connectivity index (χ3n) is 3.43. The highest BCUT2D eigenvalue weighted by Gasteiger charge is 2.23. The molecular formula is C14H18N6O3S2. The van der Waals surface area contributed by atoms with Gasteiger partial charge >= 0.3 is 6.09 Å². The first-order valence-electron chi connectivity index (χ1n) is 7.78. The molecule has 1 aliphatic rings. The highest BCUT2D eigenvalue weighted by molar-refractivity contribution is 7.16. The molecule has 11 heteroatoms. The number of ether oxygens (including phenoxy) is 1. The van der Waals surface area contributed by atoms with Crippen molar-refractivity contribution in [2.45, 2.75) is 26.8 Å². The van der Waals surface area contributed by atoms with Gasteiger partial charge in [-0.15, -0.1) is 10.2 Å². The zero-order valence-electron chi connectivity index (χ0n) is 13.9. The summed E-state index contributed by atoms with van der Waals surface area (Å²) >= 11 is 2.76. The van der Waals surface area contributed by atoms with Gasteiger partial charge in [-0.25, -0.2) is 9.78 Å². The number of nitrogens with zero attached hydrogens (tertiary/aromatic N) is 4. The lowest BCUT2D eigenvalue weighted by molar-refractivity contribution is -0.117. The smallest absolute Gasteiger partial charge is 0.413 e. The number of carbonyl (C=O) groups excluding carboxylic acids is 2. The quantitative estimate of drug-likeness (QED) is 0.812. The predicted octanol–water partition coefficient (Wildman–Crippen LogP) is 1.87. The van der Waals surface area contributed by atoms with Gasteiger partial charge in [0.25, 0.3) is 0 Å². The molecule has 3 heterocycles. The second kappa shape index (κ2) is 7.85. The predicted molar refractivity (Wildman–Crippen MR) is 95.0 cm³/mol. The highest BCUT2D eigenvalue weighted by Crippen LogP contribution is 2.28. The average molecular weight is 382 g/mol. The van der Waals surface area contributed by atoms with Gasteiger partial charge in [0.05, 0.1) is 18.8 Å². The van der Waals surface area contributed by atoms with Crippen LogP contribution in [-0.4, -0.2) is 51.8 Å². The summed E-state index contributed by atoms with van der Waals surface area (Å²) in [6.07, 6.45) is 0.235. The second-order valence-electron chi connectivity index (χ2n) is 5.37. The number of amides is 2. The number of carbonyl (C=O) groups is 2. The molecule has 134 valence electrons. The minimum absolute atomic E-state index is 0.117.